The topological polar surface area (TPSA) is 113 Å². The van der Waals surface area contributed by atoms with Crippen LogP contribution in [0.1, 0.15) is 0 Å². The van der Waals surface area contributed by atoms with Gasteiger partial charge < -0.3 is 20.1 Å². The van der Waals surface area contributed by atoms with E-state index in [2.05, 4.69) is 10.3 Å². The minimum Gasteiger partial charge on any atom is -0.394 e. The third-order valence-corrected chi connectivity index (χ3v) is 4.27. The zero-order chi connectivity index (χ0) is 16.6. The van der Waals surface area contributed by atoms with Crippen LogP contribution in [0.25, 0.3) is 0 Å². The van der Waals surface area contributed by atoms with Crippen LogP contribution in [0.2, 0.25) is 0 Å². The molecule has 3 aliphatic heterocycles. The Morgan fingerprint density at radius 2 is 2.22 bits per heavy atom. The van der Waals surface area contributed by atoms with Crippen molar-refractivity contribution in [2.75, 3.05) is 20.7 Å². The quantitative estimate of drug-likeness (QED) is 0.471. The van der Waals surface area contributed by atoms with Crippen molar-refractivity contribution in [2.24, 2.45) is 4.99 Å². The fourth-order valence-corrected chi connectivity index (χ4v) is 3.33. The SMILES string of the molecule is CN(C)C=NC1C=CN([C@@H]2O[C@H](CO)[C@H]3OS(=O)O[C@H]32)C(=O)N1. The van der Waals surface area contributed by atoms with Crippen molar-refractivity contribution in [3.05, 3.63) is 12.3 Å². The molecule has 3 heterocycles. The van der Waals surface area contributed by atoms with Crippen molar-refractivity contribution in [1.82, 2.24) is 15.1 Å². The minimum atomic E-state index is -1.91. The van der Waals surface area contributed by atoms with Gasteiger partial charge in [0.25, 0.3) is 0 Å². The number of aliphatic imine (C=N–C) groups is 1. The number of hydrogen-bond acceptors (Lipinski definition) is 7. The molecule has 0 aliphatic carbocycles. The first-order valence-corrected chi connectivity index (χ1v) is 7.99. The summed E-state index contributed by atoms with van der Waals surface area (Å²) < 4.78 is 27.2. The Labute approximate surface area is 135 Å². The molecule has 6 atom stereocenters. The summed E-state index contributed by atoms with van der Waals surface area (Å²) >= 11 is -1.91. The Balaban J connectivity index is 1.73. The molecular weight excluding hydrogens is 328 g/mol. The second-order valence-corrected chi connectivity index (χ2v) is 6.24. The van der Waals surface area contributed by atoms with E-state index in [1.807, 2.05) is 14.1 Å². The van der Waals surface area contributed by atoms with Crippen molar-refractivity contribution in [3.8, 4) is 0 Å². The van der Waals surface area contributed by atoms with Crippen LogP contribution in [-0.2, 0) is 24.5 Å². The predicted octanol–water partition coefficient (Wildman–Crippen LogP) is -1.48. The third-order valence-electron chi connectivity index (χ3n) is 3.51. The van der Waals surface area contributed by atoms with Gasteiger partial charge in [-0.3, -0.25) is 13.3 Å². The Morgan fingerprint density at radius 3 is 2.87 bits per heavy atom. The first kappa shape index (κ1) is 16.3. The van der Waals surface area contributed by atoms with Gasteiger partial charge in [-0.25, -0.2) is 9.79 Å². The summed E-state index contributed by atoms with van der Waals surface area (Å²) in [6.45, 7) is -0.326. The second-order valence-electron chi connectivity index (χ2n) is 5.44. The van der Waals surface area contributed by atoms with E-state index < -0.39 is 48.1 Å². The van der Waals surface area contributed by atoms with Gasteiger partial charge in [0.2, 0.25) is 0 Å². The van der Waals surface area contributed by atoms with Gasteiger partial charge in [-0.05, 0) is 6.08 Å². The van der Waals surface area contributed by atoms with Crippen LogP contribution in [0, 0.1) is 0 Å². The smallest absolute Gasteiger partial charge is 0.325 e. The Kier molecular flexibility index (Phi) is 4.64. The van der Waals surface area contributed by atoms with Gasteiger partial charge in [-0.1, -0.05) is 0 Å². The average Bonchev–Trinajstić information content (AvgIpc) is 3.02. The number of aliphatic hydroxyl groups excluding tert-OH is 1. The molecule has 10 nitrogen and oxygen atoms in total. The van der Waals surface area contributed by atoms with Crippen molar-refractivity contribution >= 4 is 23.7 Å². The second kappa shape index (κ2) is 6.53. The van der Waals surface area contributed by atoms with E-state index in [9.17, 15) is 14.1 Å². The fraction of sp³-hybridized carbons (Fsp3) is 0.667. The molecule has 2 unspecified atom stereocenters. The van der Waals surface area contributed by atoms with Crippen LogP contribution in [0.15, 0.2) is 17.3 Å². The predicted molar refractivity (Wildman–Crippen MR) is 79.1 cm³/mol. The summed E-state index contributed by atoms with van der Waals surface area (Å²) in [4.78, 5) is 19.5. The molecule has 128 valence electrons. The first-order valence-electron chi connectivity index (χ1n) is 6.99. The molecule has 3 aliphatic rings. The summed E-state index contributed by atoms with van der Waals surface area (Å²) in [6, 6.07) is -0.433. The molecule has 2 N–H and O–H groups in total. The Morgan fingerprint density at radius 1 is 1.48 bits per heavy atom. The highest BCUT2D eigenvalue weighted by Crippen LogP contribution is 2.35. The number of rotatable bonds is 4. The molecule has 0 bridgehead atoms. The van der Waals surface area contributed by atoms with Gasteiger partial charge in [0.05, 0.1) is 12.9 Å². The van der Waals surface area contributed by atoms with Crippen LogP contribution >= 0.6 is 0 Å². The van der Waals surface area contributed by atoms with E-state index in [4.69, 9.17) is 13.1 Å². The monoisotopic (exact) mass is 346 g/mol. The van der Waals surface area contributed by atoms with E-state index in [-0.39, 0.29) is 6.61 Å². The summed E-state index contributed by atoms with van der Waals surface area (Å²) in [7, 11) is 3.65. The lowest BCUT2D eigenvalue weighted by molar-refractivity contribution is -0.0664. The highest BCUT2D eigenvalue weighted by molar-refractivity contribution is 7.75. The number of nitrogens with one attached hydrogen (secondary N) is 1. The number of amides is 2. The van der Waals surface area contributed by atoms with Crippen molar-refractivity contribution in [1.29, 1.82) is 0 Å². The van der Waals surface area contributed by atoms with Crippen LogP contribution in [0.3, 0.4) is 0 Å². The molecule has 2 saturated heterocycles. The maximum absolute atomic E-state index is 12.3. The van der Waals surface area contributed by atoms with Gasteiger partial charge in [-0.2, -0.15) is 4.21 Å². The summed E-state index contributed by atoms with van der Waals surface area (Å²) in [5, 5.41) is 12.0. The summed E-state index contributed by atoms with van der Waals surface area (Å²) in [5.41, 5.74) is 0. The van der Waals surface area contributed by atoms with Crippen LogP contribution in [0.4, 0.5) is 4.79 Å². The number of fused-ring (bicyclic) bond motifs is 1. The van der Waals surface area contributed by atoms with E-state index in [1.54, 1.807) is 17.3 Å². The van der Waals surface area contributed by atoms with Gasteiger partial charge in [-0.15, -0.1) is 0 Å². The van der Waals surface area contributed by atoms with Gasteiger partial charge in [0.15, 0.2) is 12.3 Å². The number of urea groups is 1. The summed E-state index contributed by atoms with van der Waals surface area (Å²) in [5.74, 6) is 0. The number of aliphatic hydroxyl groups is 1. The lowest BCUT2D eigenvalue weighted by atomic mass is 10.1. The molecule has 0 saturated carbocycles. The molecular formula is C12H18N4O6S. The zero-order valence-corrected chi connectivity index (χ0v) is 13.4. The molecule has 0 aromatic heterocycles. The highest BCUT2D eigenvalue weighted by Gasteiger charge is 2.55. The Hall–Kier alpha value is -1.53. The van der Waals surface area contributed by atoms with Crippen molar-refractivity contribution in [2.45, 2.75) is 30.7 Å². The fourth-order valence-electron chi connectivity index (χ4n) is 2.49. The number of carbonyl (C=O) groups is 1. The molecule has 0 radical (unpaired) electrons. The number of hydrogen-bond donors (Lipinski definition) is 2. The average molecular weight is 346 g/mol. The van der Waals surface area contributed by atoms with Crippen LogP contribution in [0.5, 0.6) is 0 Å². The molecule has 2 amide bonds. The molecule has 2 fully saturated rings. The zero-order valence-electron chi connectivity index (χ0n) is 12.6. The van der Waals surface area contributed by atoms with E-state index in [1.165, 1.54) is 11.1 Å². The maximum atomic E-state index is 12.3. The van der Waals surface area contributed by atoms with Crippen LogP contribution in [-0.4, -0.2) is 82.9 Å². The molecule has 0 aromatic carbocycles. The van der Waals surface area contributed by atoms with Crippen molar-refractivity contribution in [3.63, 3.8) is 0 Å². The highest BCUT2D eigenvalue weighted by atomic mass is 32.2. The molecule has 11 heteroatoms. The van der Waals surface area contributed by atoms with E-state index in [0.29, 0.717) is 0 Å². The van der Waals surface area contributed by atoms with Gasteiger partial charge in [0.1, 0.15) is 18.4 Å². The van der Waals surface area contributed by atoms with E-state index in [0.717, 1.165) is 0 Å². The van der Waals surface area contributed by atoms with Gasteiger partial charge in [0, 0.05) is 20.3 Å². The first-order chi connectivity index (χ1) is 11.0. The molecule has 0 aromatic rings. The number of carbonyl (C=O) groups excluding carboxylic acids is 1. The number of nitrogens with zero attached hydrogens (tertiary/aromatic N) is 3. The molecule has 3 rings (SSSR count). The lowest BCUT2D eigenvalue weighted by Gasteiger charge is -2.31. The normalized spacial score (nSPS) is 39.8. The van der Waals surface area contributed by atoms with Crippen LogP contribution < -0.4 is 5.32 Å². The van der Waals surface area contributed by atoms with Gasteiger partial charge >= 0.3 is 17.4 Å². The van der Waals surface area contributed by atoms with E-state index >= 15 is 0 Å². The largest absolute Gasteiger partial charge is 0.394 e. The minimum absolute atomic E-state index is 0.326. The molecule has 23 heavy (non-hydrogen) atoms. The third kappa shape index (κ3) is 3.23. The summed E-state index contributed by atoms with van der Waals surface area (Å²) in [6.07, 6.45) is 1.36. The molecule has 0 spiro atoms. The lowest BCUT2D eigenvalue weighted by Crippen LogP contribution is -2.52. The number of ether oxygens (including phenoxy) is 1. The van der Waals surface area contributed by atoms with Crippen molar-refractivity contribution < 1.29 is 27.2 Å². The Bertz CT molecular complexity index is 556. The maximum Gasteiger partial charge on any atom is 0.325 e. The standard InChI is InChI=1S/C12H18N4O6S/c1-15(2)6-13-8-3-4-16(12(18)14-8)11-10-9(7(5-17)20-11)21-23(19)22-10/h3-4,6-11,17H,5H2,1-2H3,(H,14,18)/t7-,8?,9-,10-,11-,23?/m1/s1.